The summed E-state index contributed by atoms with van der Waals surface area (Å²) < 4.78 is 0. The summed E-state index contributed by atoms with van der Waals surface area (Å²) in [6.45, 7) is 6.93. The van der Waals surface area contributed by atoms with Gasteiger partial charge in [0.1, 0.15) is 0 Å². The van der Waals surface area contributed by atoms with Crippen molar-refractivity contribution in [3.8, 4) is 0 Å². The van der Waals surface area contributed by atoms with E-state index in [1.54, 1.807) is 0 Å². The first-order chi connectivity index (χ1) is 10.7. The van der Waals surface area contributed by atoms with E-state index in [1.807, 2.05) is 51.1 Å². The maximum atomic E-state index is 12.0. The van der Waals surface area contributed by atoms with Crippen LogP contribution in [0.25, 0.3) is 0 Å². The quantitative estimate of drug-likeness (QED) is 0.738. The van der Waals surface area contributed by atoms with E-state index in [0.29, 0.717) is 0 Å². The number of amides is 3. The Bertz CT molecular complexity index is 550. The largest absolute Gasteiger partial charge is 0.350 e. The van der Waals surface area contributed by atoms with Crippen molar-refractivity contribution in [3.63, 3.8) is 0 Å². The molecule has 126 valence electrons. The molecule has 0 aliphatic heterocycles. The summed E-state index contributed by atoms with van der Waals surface area (Å²) in [5.41, 5.74) is 0.502. The first-order valence-corrected chi connectivity index (χ1v) is 7.57. The van der Waals surface area contributed by atoms with Gasteiger partial charge >= 0.3 is 0 Å². The van der Waals surface area contributed by atoms with Crippen LogP contribution in [0.15, 0.2) is 30.3 Å². The van der Waals surface area contributed by atoms with Crippen LogP contribution in [0.5, 0.6) is 0 Å². The Morgan fingerprint density at radius 1 is 1.04 bits per heavy atom. The first kappa shape index (κ1) is 18.7. The summed E-state index contributed by atoms with van der Waals surface area (Å²) in [6, 6.07) is 8.84. The highest BCUT2D eigenvalue weighted by atomic mass is 16.2. The van der Waals surface area contributed by atoms with Gasteiger partial charge in [0.25, 0.3) is 0 Å². The molecular weight excluding hydrogens is 294 g/mol. The molecular formula is C17H25N3O3. The minimum absolute atomic E-state index is 0.0758. The fourth-order valence-corrected chi connectivity index (χ4v) is 2.08. The van der Waals surface area contributed by atoms with E-state index in [1.165, 1.54) is 6.92 Å². The van der Waals surface area contributed by atoms with Crippen LogP contribution in [0, 0.1) is 0 Å². The second-order valence-corrected chi connectivity index (χ2v) is 6.44. The van der Waals surface area contributed by atoms with Gasteiger partial charge in [-0.3, -0.25) is 14.4 Å². The van der Waals surface area contributed by atoms with Crippen LogP contribution in [0.1, 0.15) is 45.7 Å². The monoisotopic (exact) mass is 319 g/mol. The molecule has 0 bridgehead atoms. The van der Waals surface area contributed by atoms with Crippen LogP contribution in [0.2, 0.25) is 0 Å². The van der Waals surface area contributed by atoms with Gasteiger partial charge in [-0.1, -0.05) is 30.3 Å². The summed E-state index contributed by atoms with van der Waals surface area (Å²) in [5.74, 6) is -0.754. The minimum atomic E-state index is -0.417. The molecule has 0 saturated heterocycles. The molecule has 0 radical (unpaired) electrons. The maximum absolute atomic E-state index is 12.0. The molecule has 0 heterocycles. The van der Waals surface area contributed by atoms with Gasteiger partial charge in [0.2, 0.25) is 17.7 Å². The van der Waals surface area contributed by atoms with Gasteiger partial charge in [-0.2, -0.15) is 0 Å². The number of rotatable bonds is 6. The number of hydrogen-bond acceptors (Lipinski definition) is 3. The summed E-state index contributed by atoms with van der Waals surface area (Å²) in [5, 5.41) is 8.10. The minimum Gasteiger partial charge on any atom is -0.350 e. The van der Waals surface area contributed by atoms with Crippen LogP contribution in [-0.2, 0) is 14.4 Å². The molecule has 0 unspecified atom stereocenters. The molecule has 1 aromatic rings. The third-order valence-corrected chi connectivity index (χ3v) is 2.93. The highest BCUT2D eigenvalue weighted by Crippen LogP contribution is 2.16. The molecule has 0 fully saturated rings. The molecule has 0 aliphatic rings. The van der Waals surface area contributed by atoms with Crippen molar-refractivity contribution in [2.24, 2.45) is 0 Å². The zero-order chi connectivity index (χ0) is 17.5. The van der Waals surface area contributed by atoms with Gasteiger partial charge in [0.05, 0.1) is 19.0 Å². The lowest BCUT2D eigenvalue weighted by Crippen LogP contribution is -2.46. The van der Waals surface area contributed by atoms with Crippen molar-refractivity contribution in [2.75, 3.05) is 6.54 Å². The first-order valence-electron chi connectivity index (χ1n) is 7.57. The van der Waals surface area contributed by atoms with Crippen LogP contribution in [0.3, 0.4) is 0 Å². The molecule has 6 heteroatoms. The molecule has 0 aliphatic carbocycles. The van der Waals surface area contributed by atoms with Crippen molar-refractivity contribution >= 4 is 17.7 Å². The van der Waals surface area contributed by atoms with Crippen LogP contribution < -0.4 is 16.0 Å². The SMILES string of the molecule is CC(=O)N[C@H](CC(=O)NCC(=O)NC(C)(C)C)c1ccccc1. The van der Waals surface area contributed by atoms with E-state index < -0.39 is 6.04 Å². The molecule has 3 amide bonds. The number of nitrogens with one attached hydrogen (secondary N) is 3. The standard InChI is InChI=1S/C17H25N3O3/c1-12(21)19-14(13-8-6-5-7-9-13)10-15(22)18-11-16(23)20-17(2,3)4/h5-9,14H,10-11H2,1-4H3,(H,18,22)(H,19,21)(H,20,23)/t14-/m1/s1. The van der Waals surface area contributed by atoms with Gasteiger partial charge < -0.3 is 16.0 Å². The van der Waals surface area contributed by atoms with E-state index in [0.717, 1.165) is 5.56 Å². The van der Waals surface area contributed by atoms with Crippen LogP contribution in [-0.4, -0.2) is 29.8 Å². The number of carbonyl (C=O) groups excluding carboxylic acids is 3. The number of benzene rings is 1. The average molecular weight is 319 g/mol. The number of hydrogen-bond donors (Lipinski definition) is 3. The Morgan fingerprint density at radius 2 is 1.65 bits per heavy atom. The fourth-order valence-electron chi connectivity index (χ4n) is 2.08. The maximum Gasteiger partial charge on any atom is 0.239 e. The molecule has 23 heavy (non-hydrogen) atoms. The smallest absolute Gasteiger partial charge is 0.239 e. The van der Waals surface area contributed by atoms with E-state index in [-0.39, 0.29) is 36.2 Å². The van der Waals surface area contributed by atoms with E-state index >= 15 is 0 Å². The van der Waals surface area contributed by atoms with E-state index in [2.05, 4.69) is 16.0 Å². The molecule has 3 N–H and O–H groups in total. The fraction of sp³-hybridized carbons (Fsp3) is 0.471. The molecule has 1 rings (SSSR count). The Hall–Kier alpha value is -2.37. The zero-order valence-electron chi connectivity index (χ0n) is 14.1. The predicted molar refractivity (Wildman–Crippen MR) is 88.5 cm³/mol. The van der Waals surface area contributed by atoms with Gasteiger partial charge in [0.15, 0.2) is 0 Å². The lowest BCUT2D eigenvalue weighted by Gasteiger charge is -2.21. The van der Waals surface area contributed by atoms with Crippen molar-refractivity contribution in [1.82, 2.24) is 16.0 Å². The third kappa shape index (κ3) is 7.99. The predicted octanol–water partition coefficient (Wildman–Crippen LogP) is 1.28. The molecule has 0 aromatic heterocycles. The molecule has 0 saturated carbocycles. The highest BCUT2D eigenvalue weighted by molar-refractivity contribution is 5.85. The molecule has 0 spiro atoms. The van der Waals surface area contributed by atoms with E-state index in [9.17, 15) is 14.4 Å². The lowest BCUT2D eigenvalue weighted by atomic mass is 10.0. The second-order valence-electron chi connectivity index (χ2n) is 6.44. The third-order valence-electron chi connectivity index (χ3n) is 2.93. The Kier molecular flexibility index (Phi) is 6.75. The van der Waals surface area contributed by atoms with Crippen molar-refractivity contribution in [1.29, 1.82) is 0 Å². The summed E-state index contributed by atoms with van der Waals surface area (Å²) in [6.07, 6.45) is 0.0758. The van der Waals surface area contributed by atoms with Gasteiger partial charge in [0, 0.05) is 12.5 Å². The lowest BCUT2D eigenvalue weighted by molar-refractivity contribution is -0.127. The Labute approximate surface area is 137 Å². The molecule has 1 atom stereocenters. The Morgan fingerprint density at radius 3 is 2.17 bits per heavy atom. The molecule has 1 aromatic carbocycles. The topological polar surface area (TPSA) is 87.3 Å². The highest BCUT2D eigenvalue weighted by Gasteiger charge is 2.18. The van der Waals surface area contributed by atoms with E-state index in [4.69, 9.17) is 0 Å². The molecule has 6 nitrogen and oxygen atoms in total. The Balaban J connectivity index is 2.57. The van der Waals surface area contributed by atoms with Crippen molar-refractivity contribution in [2.45, 2.75) is 45.7 Å². The summed E-state index contributed by atoms with van der Waals surface area (Å²) >= 11 is 0. The van der Waals surface area contributed by atoms with Crippen LogP contribution in [0.4, 0.5) is 0 Å². The summed E-state index contributed by atoms with van der Waals surface area (Å²) in [7, 11) is 0. The van der Waals surface area contributed by atoms with Gasteiger partial charge in [-0.05, 0) is 26.3 Å². The second kappa shape index (κ2) is 8.31. The average Bonchev–Trinajstić information content (AvgIpc) is 2.43. The summed E-state index contributed by atoms with van der Waals surface area (Å²) in [4.78, 5) is 35.1. The van der Waals surface area contributed by atoms with Crippen LogP contribution >= 0.6 is 0 Å². The van der Waals surface area contributed by atoms with Gasteiger partial charge in [-0.25, -0.2) is 0 Å². The zero-order valence-corrected chi connectivity index (χ0v) is 14.1. The van der Waals surface area contributed by atoms with Gasteiger partial charge in [-0.15, -0.1) is 0 Å². The van der Waals surface area contributed by atoms with Crippen molar-refractivity contribution in [3.05, 3.63) is 35.9 Å². The van der Waals surface area contributed by atoms with Crippen molar-refractivity contribution < 1.29 is 14.4 Å². The number of carbonyl (C=O) groups is 3. The normalized spacial score (nSPS) is 12.2.